The fourth-order valence-corrected chi connectivity index (χ4v) is 12.9. The van der Waals surface area contributed by atoms with Crippen molar-refractivity contribution in [1.82, 2.24) is 37.2 Å². The molecule has 7 aliphatic rings. The molecular weight excluding hydrogens is 1390 g/mol. The number of primary amides is 1. The Bertz CT molecular complexity index is 4080. The van der Waals surface area contributed by atoms with Gasteiger partial charge in [-0.15, -0.1) is 0 Å². The van der Waals surface area contributed by atoms with Gasteiger partial charge in [-0.2, -0.15) is 0 Å². The van der Waals surface area contributed by atoms with Gasteiger partial charge < -0.3 is 128 Å². The molecule has 0 saturated carbocycles. The van der Waals surface area contributed by atoms with Crippen LogP contribution in [0.5, 0.6) is 46.0 Å². The average Bonchev–Trinajstić information content (AvgIpc) is 0.768. The van der Waals surface area contributed by atoms with Crippen LogP contribution in [0.2, 0.25) is 10.0 Å². The van der Waals surface area contributed by atoms with Gasteiger partial charge in [-0.1, -0.05) is 62.7 Å². The molecule has 7 heterocycles. The molecule has 2 fully saturated rings. The molecule has 18 atom stereocenters. The molecular formula is C67H79Cl2N9O24. The molecule has 5 aromatic rings. The Labute approximate surface area is 591 Å². The van der Waals surface area contributed by atoms with Crippen LogP contribution in [-0.2, 0) is 52.6 Å². The minimum absolute atomic E-state index is 0. The summed E-state index contributed by atoms with van der Waals surface area (Å²) in [6.07, 6.45) is -18.6. The first-order valence-electron chi connectivity index (χ1n) is 31.6. The van der Waals surface area contributed by atoms with Gasteiger partial charge in [0.25, 0.3) is 0 Å². The van der Waals surface area contributed by atoms with E-state index >= 15 is 14.4 Å². The lowest BCUT2D eigenvalue weighted by Gasteiger charge is -2.47. The second-order valence-electron chi connectivity index (χ2n) is 25.7. The second-order valence-corrected chi connectivity index (χ2v) is 26.5. The number of aliphatic hydroxyl groups is 6. The number of hydrogen-bond acceptors (Lipinski definition) is 25. The molecule has 5 aromatic carbocycles. The minimum Gasteiger partial charge on any atom is -0.508 e. The van der Waals surface area contributed by atoms with Crippen LogP contribution < -0.4 is 62.9 Å². The molecule has 550 valence electrons. The summed E-state index contributed by atoms with van der Waals surface area (Å²) in [5.74, 6) is -16.0. The number of likely N-dealkylation sites (N-methyl/N-ethyl adjacent to an activating group) is 1. The summed E-state index contributed by atoms with van der Waals surface area (Å²) in [5.41, 5.74) is 8.00. The lowest BCUT2D eigenvalue weighted by atomic mass is 9.86. The van der Waals surface area contributed by atoms with Crippen molar-refractivity contribution >= 4 is 70.5 Å². The summed E-state index contributed by atoms with van der Waals surface area (Å²) in [6.45, 7) is 5.66. The molecule has 35 heteroatoms. The standard InChI is InChI=1S/C66H75Cl2N9O24.CH4/c1-23(2)12-34(71-5)58(88)76-49-51(83)26-7-10-38(32(67)14-26)97-40-16-28-17-41(55(40)101-65-56(54(86)53(85)42(22-78)99-65)100-44-21-66(4,70)57(87)24(3)96-44)98-39-11-8-27(15-33(39)68)52(84)50-63(93)75-48(64(94)95)31-18-29(79)19-37(81)45(31)30-13-25(6-9-36(30)80)46(60(90)77-50)74-61(91)47(28)73-59(89)35(20-43(69)82)72-62(49)92;/h6-11,13-19,23-24,34-35,42,44,46-54,56-57,65,71,78-81,83-87H,12,20-22,70H2,1-5H3,(H2,69,82)(H,72,92)(H,73,89)(H,74,91)(H,75,93)(H,76,88)(H,77,90)(H,94,95);1H4. The number of hydrogen-bond donors (Lipinski definition) is 19. The largest absolute Gasteiger partial charge is 0.508 e. The number of carbonyl (C=O) groups is 8. The smallest absolute Gasteiger partial charge is 0.330 e. The van der Waals surface area contributed by atoms with Gasteiger partial charge in [-0.05, 0) is 110 Å². The van der Waals surface area contributed by atoms with Crippen molar-refractivity contribution in [2.75, 3.05) is 13.7 Å². The Morgan fingerprint density at radius 1 is 0.716 bits per heavy atom. The summed E-state index contributed by atoms with van der Waals surface area (Å²) >= 11 is 14.1. The maximum Gasteiger partial charge on any atom is 0.330 e. The van der Waals surface area contributed by atoms with E-state index in [0.29, 0.717) is 0 Å². The van der Waals surface area contributed by atoms with Crippen LogP contribution in [0.3, 0.4) is 0 Å². The Kier molecular flexibility index (Phi) is 23.5. The maximum absolute atomic E-state index is 16.0. The average molecular weight is 1470 g/mol. The minimum atomic E-state index is -2.35. The van der Waals surface area contributed by atoms with Crippen LogP contribution in [-0.4, -0.2) is 191 Å². The Morgan fingerprint density at radius 3 is 1.89 bits per heavy atom. The number of benzene rings is 5. The highest BCUT2D eigenvalue weighted by atomic mass is 35.5. The third-order valence-electron chi connectivity index (χ3n) is 17.8. The van der Waals surface area contributed by atoms with Crippen LogP contribution >= 0.6 is 23.2 Å². The van der Waals surface area contributed by atoms with Gasteiger partial charge >= 0.3 is 5.97 Å². The molecule has 0 spiro atoms. The zero-order chi connectivity index (χ0) is 73.5. The molecule has 18 unspecified atom stereocenters. The number of halogens is 2. The molecule has 102 heavy (non-hydrogen) atoms. The molecule has 12 rings (SSSR count). The predicted molar refractivity (Wildman–Crippen MR) is 356 cm³/mol. The van der Waals surface area contributed by atoms with E-state index in [2.05, 4.69) is 37.2 Å². The van der Waals surface area contributed by atoms with Gasteiger partial charge in [0.1, 0.15) is 89.5 Å². The number of carbonyl (C=O) groups excluding carboxylic acids is 7. The number of phenolic OH excluding ortho intramolecular Hbond substituents is 3. The predicted octanol–water partition coefficient (Wildman–Crippen LogP) is 0.742. The molecule has 7 aliphatic heterocycles. The van der Waals surface area contributed by atoms with E-state index < -0.39 is 237 Å². The van der Waals surface area contributed by atoms with Gasteiger partial charge in [0.05, 0.1) is 41.3 Å². The number of carboxylic acid groups (broad SMARTS) is 1. The number of nitrogens with one attached hydrogen (secondary N) is 7. The first-order valence-corrected chi connectivity index (χ1v) is 32.4. The third-order valence-corrected chi connectivity index (χ3v) is 18.4. The molecule has 11 bridgehead atoms. The number of ether oxygens (including phenoxy) is 6. The number of aromatic hydroxyl groups is 3. The first kappa shape index (κ1) is 77.0. The summed E-state index contributed by atoms with van der Waals surface area (Å²) in [5, 5.41) is 131. The van der Waals surface area contributed by atoms with Crippen molar-refractivity contribution in [3.8, 4) is 57.1 Å². The van der Waals surface area contributed by atoms with E-state index in [-0.39, 0.29) is 53.6 Å². The van der Waals surface area contributed by atoms with Gasteiger partial charge in [0, 0.05) is 34.7 Å². The Balaban J connectivity index is 0.0000121. The highest BCUT2D eigenvalue weighted by Gasteiger charge is 2.51. The number of amides is 7. The summed E-state index contributed by atoms with van der Waals surface area (Å²) in [6, 6.07) is -0.679. The number of rotatable bonds is 13. The van der Waals surface area contributed by atoms with Crippen LogP contribution in [0, 0.1) is 5.92 Å². The van der Waals surface area contributed by atoms with E-state index in [1.54, 1.807) is 0 Å². The monoisotopic (exact) mass is 1460 g/mol. The lowest BCUT2D eigenvalue weighted by Crippen LogP contribution is -2.64. The normalized spacial score (nSPS) is 29.1. The first-order chi connectivity index (χ1) is 47.7. The van der Waals surface area contributed by atoms with Gasteiger partial charge in [-0.3, -0.25) is 33.6 Å². The van der Waals surface area contributed by atoms with Gasteiger partial charge in [0.15, 0.2) is 29.9 Å². The van der Waals surface area contributed by atoms with Crippen molar-refractivity contribution in [2.24, 2.45) is 17.4 Å². The summed E-state index contributed by atoms with van der Waals surface area (Å²) in [4.78, 5) is 117. The molecule has 0 radical (unpaired) electrons. The third kappa shape index (κ3) is 16.2. The highest BCUT2D eigenvalue weighted by molar-refractivity contribution is 6.32. The molecule has 33 nitrogen and oxygen atoms in total. The second kappa shape index (κ2) is 31.2. The SMILES string of the molecule is C.CNC(CC(C)C)C(=O)NC1C(=O)NC(CC(N)=O)C(=O)NC2C(=O)NC3C(=O)NC(C(=O)NC(C(=O)O)c4cc(O)cc(O)c4-c4cc3ccc4O)C(O)c3ccc(c(Cl)c3)Oc3cc2cc(c3OC2OC(CO)C(O)C(O)C2OC2CC(C)(N)C(O)C(C)O2)Oc2ccc(cc2Cl)C1O. The van der Waals surface area contributed by atoms with Crippen molar-refractivity contribution in [3.05, 3.63) is 117 Å². The van der Waals surface area contributed by atoms with Crippen molar-refractivity contribution in [2.45, 2.75) is 164 Å². The van der Waals surface area contributed by atoms with E-state index in [9.17, 15) is 75.0 Å². The molecule has 7 amide bonds. The van der Waals surface area contributed by atoms with Gasteiger partial charge in [-0.25, -0.2) is 4.79 Å². The number of aliphatic hydroxyl groups excluding tert-OH is 6. The maximum atomic E-state index is 16.0. The topological polar surface area (TPSA) is 530 Å². The fraction of sp³-hybridized carbons (Fsp3) is 0.433. The van der Waals surface area contributed by atoms with Gasteiger partial charge in [0.2, 0.25) is 53.4 Å². The number of carboxylic acids is 1. The molecule has 0 aliphatic carbocycles. The summed E-state index contributed by atoms with van der Waals surface area (Å²) in [7, 11) is 1.47. The van der Waals surface area contributed by atoms with Crippen molar-refractivity contribution < 1.29 is 118 Å². The van der Waals surface area contributed by atoms with Crippen molar-refractivity contribution in [1.29, 1.82) is 0 Å². The quantitative estimate of drug-likeness (QED) is 0.0773. The lowest BCUT2D eigenvalue weighted by molar-refractivity contribution is -0.333. The molecule has 0 aromatic heterocycles. The number of fused-ring (bicyclic) bond motifs is 15. The van der Waals surface area contributed by atoms with Crippen LogP contribution in [0.4, 0.5) is 0 Å². The van der Waals surface area contributed by atoms with E-state index in [1.807, 2.05) is 13.8 Å². The zero-order valence-corrected chi connectivity index (χ0v) is 55.8. The highest BCUT2D eigenvalue weighted by Crippen LogP contribution is 2.50. The van der Waals surface area contributed by atoms with E-state index in [4.69, 9.17) is 63.1 Å². The van der Waals surface area contributed by atoms with Crippen LogP contribution in [0.15, 0.2) is 78.9 Å². The zero-order valence-electron chi connectivity index (χ0n) is 54.3. The Hall–Kier alpha value is -9.20. The summed E-state index contributed by atoms with van der Waals surface area (Å²) < 4.78 is 38.3. The van der Waals surface area contributed by atoms with E-state index in [0.717, 1.165) is 66.7 Å². The fourth-order valence-electron chi connectivity index (χ4n) is 12.5. The van der Waals surface area contributed by atoms with Crippen LogP contribution in [0.1, 0.15) is 113 Å². The van der Waals surface area contributed by atoms with Crippen LogP contribution in [0.25, 0.3) is 11.1 Å². The molecule has 21 N–H and O–H groups in total. The molecule has 2 saturated heterocycles. The Morgan fingerprint density at radius 2 is 1.31 bits per heavy atom. The van der Waals surface area contributed by atoms with Crippen molar-refractivity contribution in [3.63, 3.8) is 0 Å². The number of nitrogens with two attached hydrogens (primary N) is 2. The number of aliphatic carboxylic acids is 1. The number of phenols is 3. The van der Waals surface area contributed by atoms with E-state index in [1.165, 1.54) is 33.0 Å².